The molecule has 0 saturated carbocycles. The van der Waals surface area contributed by atoms with Gasteiger partial charge >= 0.3 is 0 Å². The summed E-state index contributed by atoms with van der Waals surface area (Å²) in [7, 11) is 0. The van der Waals surface area contributed by atoms with Gasteiger partial charge in [-0.1, -0.05) is 40.2 Å². The molecule has 0 aliphatic carbocycles. The van der Waals surface area contributed by atoms with Crippen molar-refractivity contribution in [3.63, 3.8) is 0 Å². The van der Waals surface area contributed by atoms with Crippen LogP contribution in [0.4, 0.5) is 0 Å². The Balaban J connectivity index is 1.80. The number of halogens is 1. The van der Waals surface area contributed by atoms with Crippen LogP contribution in [-0.4, -0.2) is 12.4 Å². The van der Waals surface area contributed by atoms with E-state index < -0.39 is 0 Å². The van der Waals surface area contributed by atoms with Crippen molar-refractivity contribution in [3.8, 4) is 5.75 Å². The first-order valence-electron chi connectivity index (χ1n) is 5.82. The molecule has 0 aliphatic rings. The largest absolute Gasteiger partial charge is 0.492 e. The summed E-state index contributed by atoms with van der Waals surface area (Å²) in [5, 5.41) is 0. The van der Waals surface area contributed by atoms with Gasteiger partial charge in [-0.05, 0) is 36.8 Å². The van der Waals surface area contributed by atoms with Crippen LogP contribution in [-0.2, 0) is 0 Å². The van der Waals surface area contributed by atoms with Gasteiger partial charge in [0.15, 0.2) is 0 Å². The summed E-state index contributed by atoms with van der Waals surface area (Å²) in [5.74, 6) is 1.91. The topological polar surface area (TPSA) is 9.23 Å². The van der Waals surface area contributed by atoms with Crippen LogP contribution in [0.3, 0.4) is 0 Å². The molecule has 0 fully saturated rings. The van der Waals surface area contributed by atoms with Crippen molar-refractivity contribution in [2.75, 3.05) is 12.4 Å². The lowest BCUT2D eigenvalue weighted by Crippen LogP contribution is -2.01. The highest BCUT2D eigenvalue weighted by Gasteiger charge is 2.00. The summed E-state index contributed by atoms with van der Waals surface area (Å²) in [5.41, 5.74) is 1.17. The van der Waals surface area contributed by atoms with Crippen LogP contribution in [0.25, 0.3) is 0 Å². The quantitative estimate of drug-likeness (QED) is 0.570. The highest BCUT2D eigenvalue weighted by atomic mass is 79.9. The molecule has 0 spiro atoms. The van der Waals surface area contributed by atoms with E-state index in [0.717, 1.165) is 22.6 Å². The molecule has 0 N–H and O–H groups in total. The SMILES string of the molecule is Cc1ccc(Br)cc1OCCSc1ccccc1. The minimum Gasteiger partial charge on any atom is -0.492 e. The Bertz CT molecular complexity index is 499. The number of aryl methyl sites for hydroxylation is 1. The summed E-state index contributed by atoms with van der Waals surface area (Å²) >= 11 is 5.27. The Morgan fingerprint density at radius 2 is 1.89 bits per heavy atom. The number of ether oxygens (including phenoxy) is 1. The molecule has 3 heteroatoms. The van der Waals surface area contributed by atoms with Gasteiger partial charge in [-0.2, -0.15) is 0 Å². The third-order valence-corrected chi connectivity index (χ3v) is 3.97. The third kappa shape index (κ3) is 4.07. The molecule has 0 saturated heterocycles. The normalized spacial score (nSPS) is 10.3. The average molecular weight is 323 g/mol. The number of benzene rings is 2. The molecule has 0 amide bonds. The van der Waals surface area contributed by atoms with Crippen LogP contribution in [0.15, 0.2) is 57.9 Å². The van der Waals surface area contributed by atoms with E-state index in [-0.39, 0.29) is 0 Å². The molecule has 1 nitrogen and oxygen atoms in total. The number of thioether (sulfide) groups is 1. The predicted molar refractivity (Wildman–Crippen MR) is 81.5 cm³/mol. The Kier molecular flexibility index (Phi) is 5.14. The Labute approximate surface area is 121 Å². The van der Waals surface area contributed by atoms with Crippen molar-refractivity contribution in [2.24, 2.45) is 0 Å². The van der Waals surface area contributed by atoms with Crippen molar-refractivity contribution in [2.45, 2.75) is 11.8 Å². The zero-order valence-corrected chi connectivity index (χ0v) is 12.6. The number of rotatable bonds is 5. The van der Waals surface area contributed by atoms with Crippen LogP contribution in [0.1, 0.15) is 5.56 Å². The molecule has 0 radical (unpaired) electrons. The Morgan fingerprint density at radius 3 is 2.67 bits per heavy atom. The minimum atomic E-state index is 0.719. The van der Waals surface area contributed by atoms with Crippen molar-refractivity contribution in [1.29, 1.82) is 0 Å². The van der Waals surface area contributed by atoms with Gasteiger partial charge in [0.2, 0.25) is 0 Å². The summed E-state index contributed by atoms with van der Waals surface area (Å²) in [4.78, 5) is 1.28. The molecule has 0 aliphatic heterocycles. The summed E-state index contributed by atoms with van der Waals surface area (Å²) in [6, 6.07) is 16.5. The summed E-state index contributed by atoms with van der Waals surface area (Å²) in [6.45, 7) is 2.78. The van der Waals surface area contributed by atoms with E-state index in [4.69, 9.17) is 4.74 Å². The van der Waals surface area contributed by atoms with Gasteiger partial charge in [-0.25, -0.2) is 0 Å². The lowest BCUT2D eigenvalue weighted by atomic mass is 10.2. The van der Waals surface area contributed by atoms with Crippen molar-refractivity contribution >= 4 is 27.7 Å². The van der Waals surface area contributed by atoms with Crippen LogP contribution in [0.2, 0.25) is 0 Å². The zero-order chi connectivity index (χ0) is 12.8. The van der Waals surface area contributed by atoms with E-state index in [0.29, 0.717) is 0 Å². The van der Waals surface area contributed by atoms with Crippen LogP contribution < -0.4 is 4.74 Å². The smallest absolute Gasteiger partial charge is 0.123 e. The molecule has 0 atom stereocenters. The van der Waals surface area contributed by atoms with Crippen molar-refractivity contribution < 1.29 is 4.74 Å². The molecular formula is C15H15BrOS. The lowest BCUT2D eigenvalue weighted by molar-refractivity contribution is 0.341. The number of hydrogen-bond acceptors (Lipinski definition) is 2. The van der Waals surface area contributed by atoms with Crippen LogP contribution >= 0.6 is 27.7 Å². The first kappa shape index (κ1) is 13.5. The molecular weight excluding hydrogens is 308 g/mol. The Hall–Kier alpha value is -0.930. The fraction of sp³-hybridized carbons (Fsp3) is 0.200. The lowest BCUT2D eigenvalue weighted by Gasteiger charge is -2.09. The van der Waals surface area contributed by atoms with E-state index in [1.165, 1.54) is 10.5 Å². The minimum absolute atomic E-state index is 0.719. The van der Waals surface area contributed by atoms with Gasteiger partial charge in [0.05, 0.1) is 6.61 Å². The molecule has 0 aromatic heterocycles. The molecule has 94 valence electrons. The maximum absolute atomic E-state index is 5.79. The maximum Gasteiger partial charge on any atom is 0.123 e. The molecule has 18 heavy (non-hydrogen) atoms. The Morgan fingerprint density at radius 1 is 1.11 bits per heavy atom. The predicted octanol–water partition coefficient (Wildman–Crippen LogP) is 4.93. The van der Waals surface area contributed by atoms with Gasteiger partial charge in [-0.15, -0.1) is 11.8 Å². The molecule has 2 rings (SSSR count). The first-order chi connectivity index (χ1) is 8.75. The second-order valence-electron chi connectivity index (χ2n) is 3.92. The summed E-state index contributed by atoms with van der Waals surface area (Å²) in [6.07, 6.45) is 0. The highest BCUT2D eigenvalue weighted by Crippen LogP contribution is 2.23. The van der Waals surface area contributed by atoms with E-state index in [2.05, 4.69) is 53.2 Å². The summed E-state index contributed by atoms with van der Waals surface area (Å²) < 4.78 is 6.84. The standard InChI is InChI=1S/C15H15BrOS/c1-12-7-8-13(16)11-15(12)17-9-10-18-14-5-3-2-4-6-14/h2-8,11H,9-10H2,1H3. The fourth-order valence-electron chi connectivity index (χ4n) is 1.56. The monoisotopic (exact) mass is 322 g/mol. The number of hydrogen-bond donors (Lipinski definition) is 0. The molecule has 2 aromatic rings. The highest BCUT2D eigenvalue weighted by molar-refractivity contribution is 9.10. The third-order valence-electron chi connectivity index (χ3n) is 2.50. The molecule has 0 bridgehead atoms. The molecule has 0 unspecified atom stereocenters. The van der Waals surface area contributed by atoms with E-state index >= 15 is 0 Å². The van der Waals surface area contributed by atoms with Crippen molar-refractivity contribution in [1.82, 2.24) is 0 Å². The zero-order valence-electron chi connectivity index (χ0n) is 10.2. The van der Waals surface area contributed by atoms with Crippen LogP contribution in [0, 0.1) is 6.92 Å². The van der Waals surface area contributed by atoms with E-state index in [1.807, 2.05) is 30.0 Å². The van der Waals surface area contributed by atoms with Crippen molar-refractivity contribution in [3.05, 3.63) is 58.6 Å². The van der Waals surface area contributed by atoms with Gasteiger partial charge in [-0.3, -0.25) is 0 Å². The second kappa shape index (κ2) is 6.86. The first-order valence-corrected chi connectivity index (χ1v) is 7.60. The van der Waals surface area contributed by atoms with Crippen LogP contribution in [0.5, 0.6) is 5.75 Å². The fourth-order valence-corrected chi connectivity index (χ4v) is 2.65. The van der Waals surface area contributed by atoms with Gasteiger partial charge in [0, 0.05) is 15.1 Å². The van der Waals surface area contributed by atoms with Gasteiger partial charge < -0.3 is 4.74 Å². The van der Waals surface area contributed by atoms with E-state index in [1.54, 1.807) is 0 Å². The van der Waals surface area contributed by atoms with E-state index in [9.17, 15) is 0 Å². The molecule has 2 aromatic carbocycles. The molecule has 0 heterocycles. The maximum atomic E-state index is 5.79. The average Bonchev–Trinajstić information content (AvgIpc) is 2.40. The van der Waals surface area contributed by atoms with Gasteiger partial charge in [0.25, 0.3) is 0 Å². The van der Waals surface area contributed by atoms with Gasteiger partial charge in [0.1, 0.15) is 5.75 Å². The second-order valence-corrected chi connectivity index (χ2v) is 6.00.